The van der Waals surface area contributed by atoms with Gasteiger partial charge in [-0.15, -0.1) is 0 Å². The van der Waals surface area contributed by atoms with Crippen molar-refractivity contribution in [3.05, 3.63) is 69.9 Å². The molecule has 3 aliphatic rings. The molecule has 7 unspecified atom stereocenters. The van der Waals surface area contributed by atoms with Gasteiger partial charge in [0.1, 0.15) is 24.2 Å². The predicted molar refractivity (Wildman–Crippen MR) is 247 cm³/mol. The molecular formula is C50H80N6O6. The Morgan fingerprint density at radius 1 is 0.984 bits per heavy atom. The van der Waals surface area contributed by atoms with Crippen molar-refractivity contribution in [2.45, 2.75) is 154 Å². The number of aromatic amines is 1. The number of aliphatic hydroxyl groups is 3. The minimum atomic E-state index is -0.886. The lowest BCUT2D eigenvalue weighted by atomic mass is 9.66. The third kappa shape index (κ3) is 12.8. The van der Waals surface area contributed by atoms with Crippen LogP contribution in [0.25, 0.3) is 0 Å². The summed E-state index contributed by atoms with van der Waals surface area (Å²) in [5.74, 6) is 5.38. The van der Waals surface area contributed by atoms with Gasteiger partial charge in [-0.1, -0.05) is 57.9 Å². The quantitative estimate of drug-likeness (QED) is 0.0236. The zero-order valence-corrected chi connectivity index (χ0v) is 38.1. The molecule has 2 aromatic heterocycles. The van der Waals surface area contributed by atoms with E-state index < -0.39 is 12.2 Å². The zero-order chi connectivity index (χ0) is 44.1. The van der Waals surface area contributed by atoms with Crippen LogP contribution in [0.5, 0.6) is 11.5 Å². The number of aromatic hydroxyl groups is 1. The van der Waals surface area contributed by atoms with Crippen molar-refractivity contribution in [1.29, 1.82) is 0 Å². The van der Waals surface area contributed by atoms with Gasteiger partial charge in [-0.3, -0.25) is 4.99 Å². The number of rotatable bonds is 25. The topological polar surface area (TPSA) is 208 Å². The summed E-state index contributed by atoms with van der Waals surface area (Å²) in [4.78, 5) is 7.66. The van der Waals surface area contributed by atoms with E-state index in [1.165, 1.54) is 69.0 Å². The molecule has 0 amide bonds. The molecule has 2 heterocycles. The summed E-state index contributed by atoms with van der Waals surface area (Å²) in [6, 6.07) is 9.55. The Hall–Kier alpha value is -3.55. The fraction of sp³-hybridized carbons (Fsp3) is 0.700. The van der Waals surface area contributed by atoms with Crippen LogP contribution in [0.4, 0.5) is 0 Å². The van der Waals surface area contributed by atoms with Crippen molar-refractivity contribution in [2.75, 3.05) is 39.8 Å². The fourth-order valence-corrected chi connectivity index (χ4v) is 11.4. The normalized spacial score (nSPS) is 21.7. The SMILES string of the molecule is CN=C(N)NCC(C)CCCC(CCN)CCCCc1oc(CCc2ccc(O)c(OCC(O)c3cc4c([nH]3)CC3(CCCC3)C3CCCC3C4CNCC(C)O)c2)cc1CO. The first-order chi connectivity index (χ1) is 30.0. The van der Waals surface area contributed by atoms with Crippen LogP contribution in [0, 0.1) is 29.1 Å². The first-order valence-electron chi connectivity index (χ1n) is 24.1. The maximum Gasteiger partial charge on any atom is 0.188 e. The van der Waals surface area contributed by atoms with Gasteiger partial charge in [0.05, 0.1) is 12.7 Å². The Bertz CT molecular complexity index is 1830. The summed E-state index contributed by atoms with van der Waals surface area (Å²) in [6.07, 6.45) is 18.6. The summed E-state index contributed by atoms with van der Waals surface area (Å²) in [6.45, 7) is 6.96. The van der Waals surface area contributed by atoms with Gasteiger partial charge in [0.2, 0.25) is 0 Å². The lowest BCUT2D eigenvalue weighted by molar-refractivity contribution is 0.101. The summed E-state index contributed by atoms with van der Waals surface area (Å²) in [5, 5.41) is 49.2. The van der Waals surface area contributed by atoms with Gasteiger partial charge in [-0.2, -0.15) is 0 Å². The molecule has 0 saturated heterocycles. The number of aliphatic hydroxyl groups excluding tert-OH is 3. The van der Waals surface area contributed by atoms with E-state index >= 15 is 0 Å². The van der Waals surface area contributed by atoms with Gasteiger partial charge in [0, 0.05) is 62.4 Å². The van der Waals surface area contributed by atoms with Gasteiger partial charge in [0.25, 0.3) is 0 Å². The molecule has 2 saturated carbocycles. The summed E-state index contributed by atoms with van der Waals surface area (Å²) in [7, 11) is 1.69. The van der Waals surface area contributed by atoms with E-state index in [1.807, 2.05) is 25.1 Å². The van der Waals surface area contributed by atoms with Crippen LogP contribution < -0.4 is 26.8 Å². The number of aromatic nitrogens is 1. The van der Waals surface area contributed by atoms with Gasteiger partial charge >= 0.3 is 0 Å². The number of ether oxygens (including phenoxy) is 1. The Labute approximate surface area is 371 Å². The van der Waals surface area contributed by atoms with Crippen LogP contribution in [0.2, 0.25) is 0 Å². The van der Waals surface area contributed by atoms with Crippen LogP contribution in [-0.4, -0.2) is 77.3 Å². The van der Waals surface area contributed by atoms with E-state index in [4.69, 9.17) is 20.6 Å². The van der Waals surface area contributed by atoms with Crippen LogP contribution >= 0.6 is 0 Å². The second kappa shape index (κ2) is 23.4. The number of nitrogens with zero attached hydrogens (tertiary/aromatic N) is 1. The Morgan fingerprint density at radius 3 is 2.55 bits per heavy atom. The van der Waals surface area contributed by atoms with Crippen molar-refractivity contribution in [3.8, 4) is 11.5 Å². The highest BCUT2D eigenvalue weighted by molar-refractivity contribution is 5.77. The Kier molecular flexibility index (Phi) is 18.1. The molecule has 346 valence electrons. The molecule has 62 heavy (non-hydrogen) atoms. The first kappa shape index (κ1) is 47.9. The monoisotopic (exact) mass is 861 g/mol. The number of phenolic OH excluding ortho intramolecular Hbond substituents is 1. The number of benzene rings is 1. The van der Waals surface area contributed by atoms with Crippen molar-refractivity contribution in [1.82, 2.24) is 15.6 Å². The Balaban J connectivity index is 1.00. The number of aryl methyl sites for hydroxylation is 3. The smallest absolute Gasteiger partial charge is 0.188 e. The molecular weight excluding hydrogens is 781 g/mol. The van der Waals surface area contributed by atoms with E-state index in [1.54, 1.807) is 13.1 Å². The van der Waals surface area contributed by atoms with Crippen molar-refractivity contribution >= 4 is 5.96 Å². The van der Waals surface area contributed by atoms with E-state index in [-0.39, 0.29) is 19.0 Å². The number of phenols is 1. The number of furan rings is 1. The van der Waals surface area contributed by atoms with E-state index in [0.29, 0.717) is 66.7 Å². The maximum absolute atomic E-state index is 11.5. The van der Waals surface area contributed by atoms with E-state index in [2.05, 4.69) is 33.6 Å². The largest absolute Gasteiger partial charge is 0.504 e. The van der Waals surface area contributed by atoms with E-state index in [0.717, 1.165) is 92.3 Å². The predicted octanol–water partition coefficient (Wildman–Crippen LogP) is 7.31. The molecule has 2 fully saturated rings. The van der Waals surface area contributed by atoms with Crippen molar-refractivity contribution in [2.24, 2.45) is 45.5 Å². The van der Waals surface area contributed by atoms with Gasteiger partial charge in [-0.05, 0) is 136 Å². The van der Waals surface area contributed by atoms with Gasteiger partial charge in [-0.25, -0.2) is 0 Å². The lowest BCUT2D eigenvalue weighted by Gasteiger charge is -2.39. The fourth-order valence-electron chi connectivity index (χ4n) is 11.4. The number of nitrogens with two attached hydrogens (primary N) is 2. The molecule has 7 atom stereocenters. The highest BCUT2D eigenvalue weighted by Crippen LogP contribution is 2.60. The number of nitrogens with one attached hydrogen (secondary N) is 3. The van der Waals surface area contributed by atoms with Gasteiger partial charge in [0.15, 0.2) is 17.5 Å². The lowest BCUT2D eigenvalue weighted by Crippen LogP contribution is -2.36. The number of hydrogen-bond donors (Lipinski definition) is 9. The molecule has 12 nitrogen and oxygen atoms in total. The average Bonchev–Trinajstić information content (AvgIpc) is 4.09. The maximum atomic E-state index is 11.5. The number of hydrogen-bond acceptors (Lipinski definition) is 9. The Morgan fingerprint density at radius 2 is 1.79 bits per heavy atom. The number of H-pyrrole nitrogens is 1. The number of aliphatic imine (C=N–C) groups is 1. The number of unbranched alkanes of at least 4 members (excludes halogenated alkanes) is 1. The number of fused-ring (bicyclic) bond motifs is 3. The van der Waals surface area contributed by atoms with Crippen LogP contribution in [0.1, 0.15) is 155 Å². The first-order valence-corrected chi connectivity index (χ1v) is 24.1. The molecule has 1 spiro atoms. The summed E-state index contributed by atoms with van der Waals surface area (Å²) in [5.41, 5.74) is 17.3. The van der Waals surface area contributed by atoms with Crippen LogP contribution in [-0.2, 0) is 32.3 Å². The zero-order valence-electron chi connectivity index (χ0n) is 38.1. The molecule has 0 radical (unpaired) electrons. The molecule has 3 aromatic rings. The van der Waals surface area contributed by atoms with Crippen LogP contribution in [0.15, 0.2) is 39.7 Å². The van der Waals surface area contributed by atoms with Gasteiger partial charge < -0.3 is 56.7 Å². The second-order valence-corrected chi connectivity index (χ2v) is 19.4. The molecule has 0 aliphatic heterocycles. The second-order valence-electron chi connectivity index (χ2n) is 19.4. The molecule has 6 rings (SSSR count). The highest BCUT2D eigenvalue weighted by atomic mass is 16.5. The van der Waals surface area contributed by atoms with Crippen molar-refractivity contribution < 1.29 is 29.6 Å². The minimum Gasteiger partial charge on any atom is -0.504 e. The summed E-state index contributed by atoms with van der Waals surface area (Å²) < 4.78 is 12.4. The third-order valence-corrected chi connectivity index (χ3v) is 14.7. The number of guanidine groups is 1. The highest BCUT2D eigenvalue weighted by Gasteiger charge is 2.51. The standard InChI is InChI=1S/C50H80N6O6/c1-33(28-55-49(52)53-3)10-8-12-35(20-23-51)11-4-5-15-47-37(31-57)25-38(62-47)18-16-36-17-19-45(59)48(24-36)61-32-46(60)43-26-40-41(30-54-29-34(2)58)39-13-9-14-42(39)50(21-6-7-22-50)27-44(40)56-43/h17,19,24-26,33-35,39,41-42,46,54,56-60H,4-16,18,20-23,27-32,51H2,1-3H3,(H3,52,53,55). The van der Waals surface area contributed by atoms with E-state index in [9.17, 15) is 20.4 Å². The third-order valence-electron chi connectivity index (χ3n) is 14.7. The molecule has 1 aromatic carbocycles. The average molecular weight is 861 g/mol. The molecule has 11 N–H and O–H groups in total. The molecule has 12 heteroatoms. The molecule has 0 bridgehead atoms. The summed E-state index contributed by atoms with van der Waals surface area (Å²) >= 11 is 0. The minimum absolute atomic E-state index is 0.00892. The van der Waals surface area contributed by atoms with Crippen molar-refractivity contribution in [3.63, 3.8) is 0 Å². The van der Waals surface area contributed by atoms with Crippen LogP contribution in [0.3, 0.4) is 0 Å². The molecule has 3 aliphatic carbocycles.